The van der Waals surface area contributed by atoms with Crippen LogP contribution in [0.15, 0.2) is 18.2 Å². The Kier molecular flexibility index (Phi) is 4.17. The zero-order chi connectivity index (χ0) is 14.8. The molecule has 1 aromatic carbocycles. The van der Waals surface area contributed by atoms with Crippen LogP contribution in [0.25, 0.3) is 0 Å². The number of carbonyl (C=O) groups excluding carboxylic acids is 1. The lowest BCUT2D eigenvalue weighted by molar-refractivity contribution is -0.137. The summed E-state index contributed by atoms with van der Waals surface area (Å²) in [7, 11) is 0. The largest absolute Gasteiger partial charge is 0.491 e. The topological polar surface area (TPSA) is 64.4 Å². The fourth-order valence-corrected chi connectivity index (χ4v) is 2.11. The van der Waals surface area contributed by atoms with Gasteiger partial charge in [-0.2, -0.15) is 13.2 Å². The second-order valence-corrected chi connectivity index (χ2v) is 4.68. The van der Waals surface area contributed by atoms with Crippen molar-refractivity contribution in [1.82, 2.24) is 5.32 Å². The maximum Gasteiger partial charge on any atom is 0.416 e. The van der Waals surface area contributed by atoms with Crippen molar-refractivity contribution in [1.29, 1.82) is 0 Å². The third-order valence-electron chi connectivity index (χ3n) is 3.17. The van der Waals surface area contributed by atoms with Crippen molar-refractivity contribution in [2.45, 2.75) is 25.1 Å². The van der Waals surface area contributed by atoms with E-state index < -0.39 is 17.6 Å². The van der Waals surface area contributed by atoms with Crippen molar-refractivity contribution >= 4 is 5.91 Å². The summed E-state index contributed by atoms with van der Waals surface area (Å²) in [4.78, 5) is 11.3. The van der Waals surface area contributed by atoms with Gasteiger partial charge in [-0.25, -0.2) is 0 Å². The maximum atomic E-state index is 12.6. The summed E-state index contributed by atoms with van der Waals surface area (Å²) in [6.07, 6.45) is -2.55. The molecule has 1 amide bonds. The number of hydrogen-bond donors (Lipinski definition) is 2. The summed E-state index contributed by atoms with van der Waals surface area (Å²) in [5.41, 5.74) is 3.94. The molecule has 1 aliphatic heterocycles. The van der Waals surface area contributed by atoms with Crippen LogP contribution in [-0.2, 0) is 6.18 Å². The Balaban J connectivity index is 2.17. The van der Waals surface area contributed by atoms with Gasteiger partial charge in [-0.3, -0.25) is 4.79 Å². The van der Waals surface area contributed by atoms with Crippen molar-refractivity contribution in [2.75, 3.05) is 13.2 Å². The van der Waals surface area contributed by atoms with Crippen LogP contribution in [-0.4, -0.2) is 25.1 Å². The van der Waals surface area contributed by atoms with Crippen LogP contribution in [0, 0.1) is 0 Å². The van der Waals surface area contributed by atoms with E-state index in [9.17, 15) is 18.0 Å². The minimum Gasteiger partial charge on any atom is -0.491 e. The van der Waals surface area contributed by atoms with E-state index in [4.69, 9.17) is 10.5 Å². The predicted octanol–water partition coefficient (Wildman–Crippen LogP) is 1.94. The summed E-state index contributed by atoms with van der Waals surface area (Å²) in [6, 6.07) is 2.89. The molecule has 0 saturated carbocycles. The third-order valence-corrected chi connectivity index (χ3v) is 3.17. The highest BCUT2D eigenvalue weighted by atomic mass is 19.4. The number of nitrogens with two attached hydrogens (primary N) is 1. The standard InChI is InChI=1S/C13H15F3N2O2/c14-13(15,16)8-3-4-11(10(6-8)12(17)19)20-7-9-2-1-5-18-9/h3-4,6,9,18H,1-2,5,7H2,(H2,17,19)/t9-/m0/s1. The smallest absolute Gasteiger partial charge is 0.416 e. The normalized spacial score (nSPS) is 19.1. The molecule has 1 aliphatic rings. The van der Waals surface area contributed by atoms with Gasteiger partial charge < -0.3 is 15.8 Å². The fourth-order valence-electron chi connectivity index (χ4n) is 2.11. The Bertz CT molecular complexity index is 497. The second-order valence-electron chi connectivity index (χ2n) is 4.68. The number of halogens is 3. The molecule has 0 bridgehead atoms. The number of rotatable bonds is 4. The lowest BCUT2D eigenvalue weighted by atomic mass is 10.1. The van der Waals surface area contributed by atoms with Crippen LogP contribution in [0.3, 0.4) is 0 Å². The Morgan fingerprint density at radius 2 is 2.20 bits per heavy atom. The van der Waals surface area contributed by atoms with Gasteiger partial charge in [0.25, 0.3) is 5.91 Å². The number of alkyl halides is 3. The molecular weight excluding hydrogens is 273 g/mol. The van der Waals surface area contributed by atoms with Gasteiger partial charge in [-0.1, -0.05) is 0 Å². The highest BCUT2D eigenvalue weighted by Gasteiger charge is 2.32. The molecule has 3 N–H and O–H groups in total. The van der Waals surface area contributed by atoms with E-state index in [1.165, 1.54) is 0 Å². The van der Waals surface area contributed by atoms with Crippen molar-refractivity contribution in [3.63, 3.8) is 0 Å². The van der Waals surface area contributed by atoms with Gasteiger partial charge in [0.05, 0.1) is 11.1 Å². The van der Waals surface area contributed by atoms with Crippen molar-refractivity contribution < 1.29 is 22.7 Å². The molecule has 7 heteroatoms. The van der Waals surface area contributed by atoms with Gasteiger partial charge in [0.2, 0.25) is 0 Å². The molecule has 1 atom stereocenters. The summed E-state index contributed by atoms with van der Waals surface area (Å²) >= 11 is 0. The minimum atomic E-state index is -4.52. The van der Waals surface area contributed by atoms with Crippen LogP contribution >= 0.6 is 0 Å². The van der Waals surface area contributed by atoms with Crippen LogP contribution in [0.1, 0.15) is 28.8 Å². The summed E-state index contributed by atoms with van der Waals surface area (Å²) in [6.45, 7) is 1.19. The monoisotopic (exact) mass is 288 g/mol. The first kappa shape index (κ1) is 14.6. The molecule has 1 saturated heterocycles. The number of amides is 1. The number of ether oxygens (including phenoxy) is 1. The molecule has 1 fully saturated rings. The molecule has 0 radical (unpaired) electrons. The molecule has 0 spiro atoms. The van der Waals surface area contributed by atoms with Crippen molar-refractivity contribution in [3.8, 4) is 5.75 Å². The van der Waals surface area contributed by atoms with E-state index in [2.05, 4.69) is 5.32 Å². The van der Waals surface area contributed by atoms with Crippen molar-refractivity contribution in [3.05, 3.63) is 29.3 Å². The van der Waals surface area contributed by atoms with Gasteiger partial charge in [-0.15, -0.1) is 0 Å². The maximum absolute atomic E-state index is 12.6. The molecule has 0 aromatic heterocycles. The van der Waals surface area contributed by atoms with E-state index >= 15 is 0 Å². The quantitative estimate of drug-likeness (QED) is 0.890. The first-order valence-corrected chi connectivity index (χ1v) is 6.25. The van der Waals surface area contributed by atoms with Crippen LogP contribution < -0.4 is 15.8 Å². The van der Waals surface area contributed by atoms with E-state index in [1.54, 1.807) is 0 Å². The third kappa shape index (κ3) is 3.41. The minimum absolute atomic E-state index is 0.0826. The Hall–Kier alpha value is -1.76. The lowest BCUT2D eigenvalue weighted by Gasteiger charge is -2.15. The number of carbonyl (C=O) groups is 1. The Morgan fingerprint density at radius 3 is 2.75 bits per heavy atom. The molecule has 0 unspecified atom stereocenters. The van der Waals surface area contributed by atoms with Gasteiger partial charge in [-0.05, 0) is 37.6 Å². The highest BCUT2D eigenvalue weighted by molar-refractivity contribution is 5.95. The first-order valence-electron chi connectivity index (χ1n) is 6.25. The summed E-state index contributed by atoms with van der Waals surface area (Å²) in [5.74, 6) is -0.857. The summed E-state index contributed by atoms with van der Waals surface area (Å²) in [5, 5.41) is 3.19. The van der Waals surface area contributed by atoms with Crippen LogP contribution in [0.2, 0.25) is 0 Å². The van der Waals surface area contributed by atoms with Crippen molar-refractivity contribution in [2.24, 2.45) is 5.73 Å². The number of hydrogen-bond acceptors (Lipinski definition) is 3. The zero-order valence-electron chi connectivity index (χ0n) is 10.7. The van der Waals surface area contributed by atoms with E-state index in [1.807, 2.05) is 0 Å². The van der Waals surface area contributed by atoms with Gasteiger partial charge in [0, 0.05) is 6.04 Å². The molecule has 1 heterocycles. The highest BCUT2D eigenvalue weighted by Crippen LogP contribution is 2.32. The lowest BCUT2D eigenvalue weighted by Crippen LogP contribution is -2.28. The van der Waals surface area contributed by atoms with E-state index in [0.717, 1.165) is 37.6 Å². The fraction of sp³-hybridized carbons (Fsp3) is 0.462. The molecule has 1 aromatic rings. The Morgan fingerprint density at radius 1 is 1.45 bits per heavy atom. The van der Waals surface area contributed by atoms with Crippen LogP contribution in [0.4, 0.5) is 13.2 Å². The Labute approximate surface area is 114 Å². The predicted molar refractivity (Wildman–Crippen MR) is 66.5 cm³/mol. The van der Waals surface area contributed by atoms with E-state index in [-0.39, 0.29) is 17.4 Å². The average molecular weight is 288 g/mol. The number of nitrogens with one attached hydrogen (secondary N) is 1. The van der Waals surface area contributed by atoms with E-state index in [0.29, 0.717) is 6.61 Å². The second kappa shape index (κ2) is 5.70. The summed E-state index contributed by atoms with van der Waals surface area (Å²) < 4.78 is 43.2. The number of primary amides is 1. The van der Waals surface area contributed by atoms with Gasteiger partial charge >= 0.3 is 6.18 Å². The number of benzene rings is 1. The first-order chi connectivity index (χ1) is 9.38. The van der Waals surface area contributed by atoms with Crippen LogP contribution in [0.5, 0.6) is 5.75 Å². The average Bonchev–Trinajstić information content (AvgIpc) is 2.88. The molecule has 2 rings (SSSR count). The van der Waals surface area contributed by atoms with Gasteiger partial charge in [0.1, 0.15) is 12.4 Å². The van der Waals surface area contributed by atoms with Gasteiger partial charge in [0.15, 0.2) is 0 Å². The molecule has 0 aliphatic carbocycles. The zero-order valence-corrected chi connectivity index (χ0v) is 10.7. The molecule has 4 nitrogen and oxygen atoms in total. The SMILES string of the molecule is NC(=O)c1cc(C(F)(F)F)ccc1OC[C@@H]1CCCN1. The molecular formula is C13H15F3N2O2. The molecule has 20 heavy (non-hydrogen) atoms. The molecule has 110 valence electrons.